The van der Waals surface area contributed by atoms with Crippen LogP contribution in [0.1, 0.15) is 22.3 Å². The van der Waals surface area contributed by atoms with E-state index in [-0.39, 0.29) is 40.5 Å². The third-order valence-corrected chi connectivity index (χ3v) is 8.04. The van der Waals surface area contributed by atoms with Crippen LogP contribution in [0.25, 0.3) is 0 Å². The average molecular weight is 459 g/mol. The molecule has 2 aromatic rings. The van der Waals surface area contributed by atoms with Gasteiger partial charge in [-0.3, -0.25) is 4.79 Å². The van der Waals surface area contributed by atoms with Gasteiger partial charge in [-0.15, -0.1) is 0 Å². The Hall–Kier alpha value is -2.37. The lowest BCUT2D eigenvalue weighted by atomic mass is 10.1. The summed E-state index contributed by atoms with van der Waals surface area (Å²) in [5.41, 5.74) is 0.324. The van der Waals surface area contributed by atoms with E-state index in [0.717, 1.165) is 12.1 Å². The highest BCUT2D eigenvalue weighted by Crippen LogP contribution is 2.18. The third kappa shape index (κ3) is 5.21. The Morgan fingerprint density at radius 2 is 1.83 bits per heavy atom. The number of rotatable bonds is 6. The molecule has 162 valence electrons. The van der Waals surface area contributed by atoms with Crippen LogP contribution in [0.2, 0.25) is 0 Å². The number of nitrogens with zero attached hydrogens (tertiary/aromatic N) is 1. The van der Waals surface area contributed by atoms with Gasteiger partial charge in [0.05, 0.1) is 16.4 Å². The first kappa shape index (κ1) is 22.3. The van der Waals surface area contributed by atoms with E-state index < -0.39 is 43.4 Å². The maximum atomic E-state index is 13.8. The van der Waals surface area contributed by atoms with Gasteiger partial charge in [0, 0.05) is 36.8 Å². The molecule has 0 aromatic heterocycles. The number of halogens is 2. The largest absolute Gasteiger partial charge is 0.337 e. The second kappa shape index (κ2) is 8.40. The van der Waals surface area contributed by atoms with Crippen LogP contribution in [0.15, 0.2) is 47.4 Å². The minimum atomic E-state index is -3.94. The lowest BCUT2D eigenvalue weighted by molar-refractivity contribution is 0.0783. The number of hydrogen-bond acceptors (Lipinski definition) is 5. The third-order valence-electron chi connectivity index (χ3n) is 4.74. The molecule has 1 aliphatic heterocycles. The van der Waals surface area contributed by atoms with Crippen molar-refractivity contribution in [2.75, 3.05) is 18.6 Å². The number of benzene rings is 2. The number of amides is 1. The topological polar surface area (TPSA) is 101 Å². The van der Waals surface area contributed by atoms with Crippen LogP contribution >= 0.6 is 0 Å². The number of carbonyl (C=O) groups excluding carboxylic acids is 1. The van der Waals surface area contributed by atoms with E-state index in [4.69, 9.17) is 0 Å². The summed E-state index contributed by atoms with van der Waals surface area (Å²) >= 11 is 0. The van der Waals surface area contributed by atoms with E-state index in [1.54, 1.807) is 0 Å². The van der Waals surface area contributed by atoms with Crippen molar-refractivity contribution in [3.05, 3.63) is 65.2 Å². The fraction of sp³-hybridized carbons (Fsp3) is 0.316. The van der Waals surface area contributed by atoms with Crippen molar-refractivity contribution >= 4 is 25.8 Å². The molecule has 1 atom stereocenters. The van der Waals surface area contributed by atoms with E-state index in [1.165, 1.54) is 42.3 Å². The molecule has 1 unspecified atom stereocenters. The van der Waals surface area contributed by atoms with Gasteiger partial charge in [0.1, 0.15) is 11.6 Å². The molecule has 1 fully saturated rings. The van der Waals surface area contributed by atoms with Gasteiger partial charge >= 0.3 is 0 Å². The zero-order chi connectivity index (χ0) is 22.1. The molecule has 2 aromatic carbocycles. The molecule has 1 N–H and O–H groups in total. The SMILES string of the molecule is CN(Cc1ccc(F)cc1F)C(=O)c1ccc(S(=O)(=O)NC2CCS(=O)(=O)C2)cc1. The van der Waals surface area contributed by atoms with Crippen molar-refractivity contribution in [3.63, 3.8) is 0 Å². The van der Waals surface area contributed by atoms with Crippen molar-refractivity contribution in [3.8, 4) is 0 Å². The lowest BCUT2D eigenvalue weighted by Gasteiger charge is -2.18. The predicted octanol–water partition coefficient (Wildman–Crippen LogP) is 1.70. The van der Waals surface area contributed by atoms with E-state index in [1.807, 2.05) is 0 Å². The summed E-state index contributed by atoms with van der Waals surface area (Å²) in [6.45, 7) is -0.0945. The summed E-state index contributed by atoms with van der Waals surface area (Å²) in [7, 11) is -5.73. The molecular formula is C19H20F2N2O5S2. The van der Waals surface area contributed by atoms with Crippen molar-refractivity contribution < 1.29 is 30.4 Å². The van der Waals surface area contributed by atoms with Gasteiger partial charge in [-0.05, 0) is 36.8 Å². The molecule has 30 heavy (non-hydrogen) atoms. The molecule has 1 saturated heterocycles. The Balaban J connectivity index is 1.69. The maximum absolute atomic E-state index is 13.8. The summed E-state index contributed by atoms with van der Waals surface area (Å²) < 4.78 is 77.0. The van der Waals surface area contributed by atoms with Crippen LogP contribution in [0.4, 0.5) is 8.78 Å². The van der Waals surface area contributed by atoms with Gasteiger partial charge in [-0.25, -0.2) is 30.3 Å². The fourth-order valence-corrected chi connectivity index (χ4v) is 6.20. The molecule has 1 heterocycles. The van der Waals surface area contributed by atoms with Crippen molar-refractivity contribution in [1.29, 1.82) is 0 Å². The van der Waals surface area contributed by atoms with E-state index in [0.29, 0.717) is 0 Å². The predicted molar refractivity (Wildman–Crippen MR) is 106 cm³/mol. The second-order valence-corrected chi connectivity index (χ2v) is 11.1. The summed E-state index contributed by atoms with van der Waals surface area (Å²) in [6, 6.07) is 7.52. The smallest absolute Gasteiger partial charge is 0.253 e. The quantitative estimate of drug-likeness (QED) is 0.710. The first-order chi connectivity index (χ1) is 14.0. The maximum Gasteiger partial charge on any atom is 0.253 e. The first-order valence-corrected chi connectivity index (χ1v) is 12.3. The zero-order valence-electron chi connectivity index (χ0n) is 16.0. The van der Waals surface area contributed by atoms with E-state index >= 15 is 0 Å². The Labute approximate surface area is 173 Å². The molecule has 7 nitrogen and oxygen atoms in total. The highest BCUT2D eigenvalue weighted by atomic mass is 32.2. The summed E-state index contributed by atoms with van der Waals surface area (Å²) in [5, 5.41) is 0. The van der Waals surface area contributed by atoms with Gasteiger partial charge in [0.2, 0.25) is 10.0 Å². The van der Waals surface area contributed by atoms with E-state index in [2.05, 4.69) is 4.72 Å². The molecule has 0 bridgehead atoms. The molecule has 0 spiro atoms. The minimum absolute atomic E-state index is 0.0609. The standard InChI is InChI=1S/C19H20F2N2O5S2/c1-23(11-14-2-5-15(20)10-18(14)21)19(24)13-3-6-17(7-4-13)30(27,28)22-16-8-9-29(25,26)12-16/h2-7,10,16,22H,8-9,11-12H2,1H3. The number of sulfonamides is 1. The fourth-order valence-electron chi connectivity index (χ4n) is 3.15. The second-order valence-electron chi connectivity index (χ2n) is 7.14. The molecule has 1 amide bonds. The Bertz CT molecular complexity index is 1170. The molecule has 1 aliphatic rings. The van der Waals surface area contributed by atoms with Crippen LogP contribution in [0, 0.1) is 11.6 Å². The van der Waals surface area contributed by atoms with Crippen molar-refractivity contribution in [2.45, 2.75) is 23.9 Å². The Kier molecular flexibility index (Phi) is 6.25. The molecule has 0 radical (unpaired) electrons. The summed E-state index contributed by atoms with van der Waals surface area (Å²) in [6.07, 6.45) is 0.211. The summed E-state index contributed by atoms with van der Waals surface area (Å²) in [4.78, 5) is 13.7. The molecular weight excluding hydrogens is 438 g/mol. The number of sulfone groups is 1. The highest BCUT2D eigenvalue weighted by molar-refractivity contribution is 7.92. The monoisotopic (exact) mass is 458 g/mol. The van der Waals surface area contributed by atoms with Gasteiger partial charge in [0.25, 0.3) is 5.91 Å². The first-order valence-electron chi connectivity index (χ1n) is 8.99. The Morgan fingerprint density at radius 1 is 1.17 bits per heavy atom. The summed E-state index contributed by atoms with van der Waals surface area (Å²) in [5.74, 6) is -2.26. The van der Waals surface area contributed by atoms with Gasteiger partial charge in [0.15, 0.2) is 9.84 Å². The number of hydrogen-bond donors (Lipinski definition) is 1. The van der Waals surface area contributed by atoms with Crippen LogP contribution in [0.3, 0.4) is 0 Å². The zero-order valence-corrected chi connectivity index (χ0v) is 17.6. The molecule has 11 heteroatoms. The number of carbonyl (C=O) groups is 1. The van der Waals surface area contributed by atoms with Crippen molar-refractivity contribution in [1.82, 2.24) is 9.62 Å². The van der Waals surface area contributed by atoms with Gasteiger partial charge in [-0.2, -0.15) is 0 Å². The van der Waals surface area contributed by atoms with Crippen LogP contribution in [-0.4, -0.2) is 52.2 Å². The normalized spacial score (nSPS) is 18.3. The van der Waals surface area contributed by atoms with E-state index in [9.17, 15) is 30.4 Å². The van der Waals surface area contributed by atoms with Gasteiger partial charge < -0.3 is 4.90 Å². The van der Waals surface area contributed by atoms with Crippen LogP contribution < -0.4 is 4.72 Å². The van der Waals surface area contributed by atoms with Crippen LogP contribution in [0.5, 0.6) is 0 Å². The lowest BCUT2D eigenvalue weighted by Crippen LogP contribution is -2.35. The Morgan fingerprint density at radius 3 is 2.40 bits per heavy atom. The molecule has 3 rings (SSSR count). The average Bonchev–Trinajstić information content (AvgIpc) is 3.01. The molecule has 0 saturated carbocycles. The van der Waals surface area contributed by atoms with Crippen molar-refractivity contribution in [2.24, 2.45) is 0 Å². The van der Waals surface area contributed by atoms with Crippen LogP contribution in [-0.2, 0) is 26.4 Å². The highest BCUT2D eigenvalue weighted by Gasteiger charge is 2.31. The van der Waals surface area contributed by atoms with Gasteiger partial charge in [-0.1, -0.05) is 6.07 Å². The number of nitrogens with one attached hydrogen (secondary N) is 1. The minimum Gasteiger partial charge on any atom is -0.337 e. The molecule has 0 aliphatic carbocycles.